The standard InChI is InChI=1S/C19H27NO/c1-4-16(3)18-8-6-5-7-9-19(21)20(18)14-17-12-10-15(2)11-13-17/h6,8,10-13,16,18H,4-5,7,9,14H2,1-3H3/b8-6-. The SMILES string of the molecule is CCC(C)C1/C=C\CCCC(=O)N1Cc1ccc(C)cc1. The van der Waals surface area contributed by atoms with E-state index >= 15 is 0 Å². The van der Waals surface area contributed by atoms with Crippen molar-refractivity contribution < 1.29 is 4.79 Å². The van der Waals surface area contributed by atoms with Crippen LogP contribution in [0.3, 0.4) is 0 Å². The monoisotopic (exact) mass is 285 g/mol. The molecule has 0 aliphatic carbocycles. The van der Waals surface area contributed by atoms with E-state index in [2.05, 4.69) is 62.1 Å². The molecule has 2 atom stereocenters. The van der Waals surface area contributed by atoms with Crippen molar-refractivity contribution in [1.82, 2.24) is 4.90 Å². The van der Waals surface area contributed by atoms with E-state index in [0.717, 1.165) is 25.8 Å². The molecule has 1 aliphatic rings. The first-order valence-corrected chi connectivity index (χ1v) is 8.13. The lowest BCUT2D eigenvalue weighted by Crippen LogP contribution is -2.42. The maximum atomic E-state index is 12.6. The minimum atomic E-state index is 0.226. The van der Waals surface area contributed by atoms with Crippen molar-refractivity contribution in [3.8, 4) is 0 Å². The van der Waals surface area contributed by atoms with Crippen molar-refractivity contribution in [3.05, 3.63) is 47.5 Å². The fraction of sp³-hybridized carbons (Fsp3) is 0.526. The molecule has 1 aromatic rings. The van der Waals surface area contributed by atoms with Crippen LogP contribution in [-0.4, -0.2) is 16.8 Å². The molecular weight excluding hydrogens is 258 g/mol. The van der Waals surface area contributed by atoms with E-state index in [1.54, 1.807) is 0 Å². The van der Waals surface area contributed by atoms with Gasteiger partial charge in [-0.15, -0.1) is 0 Å². The highest BCUT2D eigenvalue weighted by atomic mass is 16.2. The van der Waals surface area contributed by atoms with Gasteiger partial charge < -0.3 is 4.90 Å². The van der Waals surface area contributed by atoms with E-state index in [9.17, 15) is 4.79 Å². The molecular formula is C19H27NO. The second-order valence-corrected chi connectivity index (χ2v) is 6.20. The van der Waals surface area contributed by atoms with Gasteiger partial charge in [-0.2, -0.15) is 0 Å². The minimum Gasteiger partial charge on any atom is -0.332 e. The van der Waals surface area contributed by atoms with Gasteiger partial charge in [0.2, 0.25) is 5.91 Å². The number of benzene rings is 1. The van der Waals surface area contributed by atoms with Gasteiger partial charge in [0.15, 0.2) is 0 Å². The maximum Gasteiger partial charge on any atom is 0.223 e. The van der Waals surface area contributed by atoms with E-state index in [1.165, 1.54) is 11.1 Å². The molecule has 0 aromatic heterocycles. The van der Waals surface area contributed by atoms with Gasteiger partial charge in [-0.05, 0) is 31.2 Å². The summed E-state index contributed by atoms with van der Waals surface area (Å²) in [5.74, 6) is 0.791. The summed E-state index contributed by atoms with van der Waals surface area (Å²) >= 11 is 0. The summed E-state index contributed by atoms with van der Waals surface area (Å²) in [4.78, 5) is 14.6. The topological polar surface area (TPSA) is 20.3 Å². The molecule has 1 aromatic carbocycles. The third-order valence-electron chi connectivity index (χ3n) is 4.48. The molecule has 1 heterocycles. The van der Waals surface area contributed by atoms with Crippen LogP contribution < -0.4 is 0 Å². The summed E-state index contributed by atoms with van der Waals surface area (Å²) in [6.45, 7) is 7.26. The Morgan fingerprint density at radius 1 is 1.29 bits per heavy atom. The van der Waals surface area contributed by atoms with Crippen LogP contribution in [0.1, 0.15) is 50.7 Å². The first-order valence-electron chi connectivity index (χ1n) is 8.13. The van der Waals surface area contributed by atoms with Gasteiger partial charge in [0.05, 0.1) is 6.04 Å². The third-order valence-corrected chi connectivity index (χ3v) is 4.48. The molecule has 2 unspecified atom stereocenters. The largest absolute Gasteiger partial charge is 0.332 e. The van der Waals surface area contributed by atoms with Crippen LogP contribution in [0, 0.1) is 12.8 Å². The Morgan fingerprint density at radius 2 is 2.00 bits per heavy atom. The summed E-state index contributed by atoms with van der Waals surface area (Å²) in [6.07, 6.45) is 8.25. The predicted molar refractivity (Wildman–Crippen MR) is 88.0 cm³/mol. The molecule has 2 heteroatoms. The van der Waals surface area contributed by atoms with Gasteiger partial charge in [-0.25, -0.2) is 0 Å². The molecule has 0 radical (unpaired) electrons. The molecule has 0 spiro atoms. The van der Waals surface area contributed by atoms with E-state index in [-0.39, 0.29) is 6.04 Å². The number of nitrogens with zero attached hydrogens (tertiary/aromatic N) is 1. The van der Waals surface area contributed by atoms with Crippen LogP contribution in [0.4, 0.5) is 0 Å². The smallest absolute Gasteiger partial charge is 0.223 e. The number of aryl methyl sites for hydroxylation is 1. The molecule has 0 saturated heterocycles. The second-order valence-electron chi connectivity index (χ2n) is 6.20. The van der Waals surface area contributed by atoms with Gasteiger partial charge in [0.1, 0.15) is 0 Å². The van der Waals surface area contributed by atoms with Crippen LogP contribution >= 0.6 is 0 Å². The van der Waals surface area contributed by atoms with Gasteiger partial charge in [-0.1, -0.05) is 62.2 Å². The average molecular weight is 285 g/mol. The zero-order chi connectivity index (χ0) is 15.2. The molecule has 21 heavy (non-hydrogen) atoms. The zero-order valence-electron chi connectivity index (χ0n) is 13.5. The van der Waals surface area contributed by atoms with Crippen LogP contribution in [0.25, 0.3) is 0 Å². The summed E-state index contributed by atoms with van der Waals surface area (Å²) in [7, 11) is 0. The summed E-state index contributed by atoms with van der Waals surface area (Å²) in [6, 6.07) is 8.75. The third kappa shape index (κ3) is 4.20. The number of rotatable bonds is 4. The van der Waals surface area contributed by atoms with E-state index in [4.69, 9.17) is 0 Å². The van der Waals surface area contributed by atoms with Crippen LogP contribution in [0.5, 0.6) is 0 Å². The molecule has 114 valence electrons. The molecule has 0 N–H and O–H groups in total. The van der Waals surface area contributed by atoms with Crippen molar-refractivity contribution >= 4 is 5.91 Å². The number of hydrogen-bond acceptors (Lipinski definition) is 1. The zero-order valence-corrected chi connectivity index (χ0v) is 13.5. The Kier molecular flexibility index (Phi) is 5.60. The molecule has 2 nitrogen and oxygen atoms in total. The Balaban J connectivity index is 2.23. The minimum absolute atomic E-state index is 0.226. The highest BCUT2D eigenvalue weighted by molar-refractivity contribution is 5.77. The number of amides is 1. The van der Waals surface area contributed by atoms with Crippen molar-refractivity contribution in [1.29, 1.82) is 0 Å². The molecule has 1 amide bonds. The fourth-order valence-electron chi connectivity index (χ4n) is 2.84. The number of allylic oxidation sites excluding steroid dienone is 1. The van der Waals surface area contributed by atoms with Crippen LogP contribution in [-0.2, 0) is 11.3 Å². The normalized spacial score (nSPS) is 22.5. The number of carbonyl (C=O) groups excluding carboxylic acids is 1. The lowest BCUT2D eigenvalue weighted by atomic mass is 9.94. The van der Waals surface area contributed by atoms with Crippen molar-refractivity contribution in [2.24, 2.45) is 5.92 Å². The predicted octanol–water partition coefficient (Wildman–Crippen LogP) is 4.48. The Labute approximate surface area is 128 Å². The van der Waals surface area contributed by atoms with E-state index in [1.807, 2.05) is 0 Å². The lowest BCUT2D eigenvalue weighted by molar-refractivity contribution is -0.134. The van der Waals surface area contributed by atoms with E-state index in [0.29, 0.717) is 18.2 Å². The molecule has 2 rings (SSSR count). The van der Waals surface area contributed by atoms with Crippen LogP contribution in [0.15, 0.2) is 36.4 Å². The van der Waals surface area contributed by atoms with Gasteiger partial charge in [-0.3, -0.25) is 4.79 Å². The summed E-state index contributed by atoms with van der Waals surface area (Å²) in [5, 5.41) is 0. The Hall–Kier alpha value is -1.57. The Bertz CT molecular complexity index is 489. The Morgan fingerprint density at radius 3 is 2.67 bits per heavy atom. The number of hydrogen-bond donors (Lipinski definition) is 0. The highest BCUT2D eigenvalue weighted by Crippen LogP contribution is 2.23. The fourth-order valence-corrected chi connectivity index (χ4v) is 2.84. The lowest BCUT2D eigenvalue weighted by Gasteiger charge is -2.35. The van der Waals surface area contributed by atoms with Crippen molar-refractivity contribution in [3.63, 3.8) is 0 Å². The van der Waals surface area contributed by atoms with Gasteiger partial charge in [0.25, 0.3) is 0 Å². The first-order chi connectivity index (χ1) is 10.1. The average Bonchev–Trinajstić information content (AvgIpc) is 2.48. The molecule has 0 bridgehead atoms. The second kappa shape index (κ2) is 7.44. The molecule has 1 aliphatic heterocycles. The number of carbonyl (C=O) groups is 1. The first kappa shape index (κ1) is 15.8. The van der Waals surface area contributed by atoms with E-state index < -0.39 is 0 Å². The summed E-state index contributed by atoms with van der Waals surface area (Å²) < 4.78 is 0. The maximum absolute atomic E-state index is 12.6. The summed E-state index contributed by atoms with van der Waals surface area (Å²) in [5.41, 5.74) is 2.48. The van der Waals surface area contributed by atoms with Crippen LogP contribution in [0.2, 0.25) is 0 Å². The van der Waals surface area contributed by atoms with Crippen molar-refractivity contribution in [2.75, 3.05) is 0 Å². The highest BCUT2D eigenvalue weighted by Gasteiger charge is 2.26. The van der Waals surface area contributed by atoms with Gasteiger partial charge >= 0.3 is 0 Å². The van der Waals surface area contributed by atoms with Gasteiger partial charge in [0, 0.05) is 13.0 Å². The van der Waals surface area contributed by atoms with Crippen molar-refractivity contribution in [2.45, 2.75) is 59.0 Å². The molecule has 0 saturated carbocycles. The molecule has 0 fully saturated rings. The quantitative estimate of drug-likeness (QED) is 0.747.